The third kappa shape index (κ3) is 4.05. The fourth-order valence-electron chi connectivity index (χ4n) is 2.48. The van der Waals surface area contributed by atoms with Crippen LogP contribution in [0.4, 0.5) is 0 Å². The molecular weight excluding hydrogens is 338 g/mol. The van der Waals surface area contributed by atoms with Crippen molar-refractivity contribution in [2.45, 2.75) is 26.8 Å². The highest BCUT2D eigenvalue weighted by molar-refractivity contribution is 6.05. The Morgan fingerprint density at radius 2 is 1.69 bits per heavy atom. The summed E-state index contributed by atoms with van der Waals surface area (Å²) in [6, 6.07) is 5.78. The SMILES string of the molecule is CC(=O)NC(C(=O)NNC(=O)c1nn(C)c(=O)c2ccccc12)C(C)C. The second-order valence-electron chi connectivity index (χ2n) is 6.19. The van der Waals surface area contributed by atoms with Gasteiger partial charge in [0.2, 0.25) is 5.91 Å². The van der Waals surface area contributed by atoms with E-state index in [0.717, 1.165) is 4.68 Å². The fraction of sp³-hybridized carbons (Fsp3) is 0.353. The number of nitrogens with one attached hydrogen (secondary N) is 3. The second kappa shape index (κ2) is 7.77. The van der Waals surface area contributed by atoms with Crippen molar-refractivity contribution in [3.8, 4) is 0 Å². The van der Waals surface area contributed by atoms with E-state index >= 15 is 0 Å². The lowest BCUT2D eigenvalue weighted by Gasteiger charge is -2.21. The fourth-order valence-corrected chi connectivity index (χ4v) is 2.48. The summed E-state index contributed by atoms with van der Waals surface area (Å²) in [5.74, 6) is -1.75. The van der Waals surface area contributed by atoms with Gasteiger partial charge in [-0.3, -0.25) is 30.0 Å². The average Bonchev–Trinajstić information content (AvgIpc) is 2.60. The minimum absolute atomic E-state index is 0.00336. The summed E-state index contributed by atoms with van der Waals surface area (Å²) in [4.78, 5) is 48.0. The van der Waals surface area contributed by atoms with Crippen molar-refractivity contribution in [2.75, 3.05) is 0 Å². The number of nitrogens with zero attached hydrogens (tertiary/aromatic N) is 2. The van der Waals surface area contributed by atoms with Gasteiger partial charge in [-0.05, 0) is 12.0 Å². The first-order valence-electron chi connectivity index (χ1n) is 8.05. The van der Waals surface area contributed by atoms with Gasteiger partial charge in [0.1, 0.15) is 6.04 Å². The Kier molecular flexibility index (Phi) is 5.71. The Balaban J connectivity index is 2.22. The van der Waals surface area contributed by atoms with E-state index in [9.17, 15) is 19.2 Å². The Hall–Kier alpha value is -3.23. The number of rotatable bonds is 4. The molecule has 0 bridgehead atoms. The molecule has 0 aliphatic rings. The Morgan fingerprint density at radius 3 is 2.27 bits per heavy atom. The van der Waals surface area contributed by atoms with Crippen LogP contribution < -0.4 is 21.7 Å². The molecule has 26 heavy (non-hydrogen) atoms. The Labute approximate surface area is 149 Å². The number of fused-ring (bicyclic) bond motifs is 1. The van der Waals surface area contributed by atoms with E-state index in [2.05, 4.69) is 21.3 Å². The van der Waals surface area contributed by atoms with E-state index in [1.54, 1.807) is 38.1 Å². The topological polar surface area (TPSA) is 122 Å². The first-order valence-corrected chi connectivity index (χ1v) is 8.05. The highest BCUT2D eigenvalue weighted by Crippen LogP contribution is 2.12. The summed E-state index contributed by atoms with van der Waals surface area (Å²) >= 11 is 0. The smallest absolute Gasteiger partial charge is 0.290 e. The molecule has 1 aromatic heterocycles. The molecule has 0 fully saturated rings. The molecule has 0 aliphatic carbocycles. The van der Waals surface area contributed by atoms with Crippen molar-refractivity contribution in [2.24, 2.45) is 13.0 Å². The molecule has 138 valence electrons. The standard InChI is InChI=1S/C17H21N5O4/c1-9(2)13(18-10(3)23)15(24)19-20-16(25)14-11-7-5-6-8-12(11)17(26)22(4)21-14/h5-9,13H,1-4H3,(H,18,23)(H,19,24)(H,20,25). The summed E-state index contributed by atoms with van der Waals surface area (Å²) < 4.78 is 1.06. The molecule has 0 aliphatic heterocycles. The van der Waals surface area contributed by atoms with E-state index in [4.69, 9.17) is 0 Å². The van der Waals surface area contributed by atoms with Crippen LogP contribution in [0, 0.1) is 5.92 Å². The zero-order valence-electron chi connectivity index (χ0n) is 15.0. The lowest BCUT2D eigenvalue weighted by atomic mass is 10.0. The summed E-state index contributed by atoms with van der Waals surface area (Å²) in [5.41, 5.74) is 4.24. The van der Waals surface area contributed by atoms with Gasteiger partial charge in [-0.25, -0.2) is 4.68 Å². The summed E-state index contributed by atoms with van der Waals surface area (Å²) in [5, 5.41) is 7.23. The molecule has 0 spiro atoms. The average molecular weight is 359 g/mol. The van der Waals surface area contributed by atoms with Gasteiger partial charge in [0.05, 0.1) is 5.39 Å². The van der Waals surface area contributed by atoms with Gasteiger partial charge in [-0.15, -0.1) is 0 Å². The van der Waals surface area contributed by atoms with E-state index in [1.165, 1.54) is 14.0 Å². The van der Waals surface area contributed by atoms with E-state index in [1.807, 2.05) is 0 Å². The first-order chi connectivity index (χ1) is 12.2. The van der Waals surface area contributed by atoms with Crippen molar-refractivity contribution in [1.29, 1.82) is 0 Å². The van der Waals surface area contributed by atoms with Crippen LogP contribution in [0.1, 0.15) is 31.3 Å². The predicted molar refractivity (Wildman–Crippen MR) is 95.0 cm³/mol. The van der Waals surface area contributed by atoms with Gasteiger partial charge in [-0.1, -0.05) is 32.0 Å². The molecular formula is C17H21N5O4. The zero-order valence-corrected chi connectivity index (χ0v) is 15.0. The van der Waals surface area contributed by atoms with Gasteiger partial charge in [0.25, 0.3) is 17.4 Å². The van der Waals surface area contributed by atoms with E-state index in [0.29, 0.717) is 10.8 Å². The van der Waals surface area contributed by atoms with Gasteiger partial charge >= 0.3 is 0 Å². The molecule has 3 amide bonds. The van der Waals surface area contributed by atoms with Crippen molar-refractivity contribution in [3.63, 3.8) is 0 Å². The summed E-state index contributed by atoms with van der Waals surface area (Å²) in [6.45, 7) is 4.84. The largest absolute Gasteiger partial charge is 0.344 e. The number of amides is 3. The maximum atomic E-state index is 12.5. The highest BCUT2D eigenvalue weighted by atomic mass is 16.2. The van der Waals surface area contributed by atoms with Gasteiger partial charge in [-0.2, -0.15) is 5.10 Å². The van der Waals surface area contributed by atoms with E-state index in [-0.39, 0.29) is 23.1 Å². The molecule has 2 aromatic rings. The third-order valence-electron chi connectivity index (χ3n) is 3.78. The number of aromatic nitrogens is 2. The molecule has 1 heterocycles. The monoisotopic (exact) mass is 359 g/mol. The number of carbonyl (C=O) groups is 3. The third-order valence-corrected chi connectivity index (χ3v) is 3.78. The lowest BCUT2D eigenvalue weighted by Crippen LogP contribution is -2.54. The highest BCUT2D eigenvalue weighted by Gasteiger charge is 2.24. The molecule has 0 radical (unpaired) electrons. The second-order valence-corrected chi connectivity index (χ2v) is 6.19. The molecule has 2 rings (SSSR count). The van der Waals surface area contributed by atoms with Crippen molar-refractivity contribution in [3.05, 3.63) is 40.3 Å². The van der Waals surface area contributed by atoms with Crippen molar-refractivity contribution >= 4 is 28.5 Å². The van der Waals surface area contributed by atoms with Crippen LogP contribution in [0.5, 0.6) is 0 Å². The quantitative estimate of drug-likeness (QED) is 0.656. The van der Waals surface area contributed by atoms with Crippen LogP contribution >= 0.6 is 0 Å². The maximum Gasteiger partial charge on any atom is 0.290 e. The number of benzene rings is 1. The molecule has 9 heteroatoms. The minimum Gasteiger partial charge on any atom is -0.344 e. The zero-order chi connectivity index (χ0) is 19.4. The Morgan fingerprint density at radius 1 is 1.08 bits per heavy atom. The number of carbonyl (C=O) groups excluding carboxylic acids is 3. The van der Waals surface area contributed by atoms with E-state index < -0.39 is 17.9 Å². The van der Waals surface area contributed by atoms with Crippen LogP contribution in [-0.4, -0.2) is 33.5 Å². The van der Waals surface area contributed by atoms with Crippen LogP contribution in [0.3, 0.4) is 0 Å². The molecule has 0 saturated carbocycles. The van der Waals surface area contributed by atoms with Gasteiger partial charge in [0, 0.05) is 19.4 Å². The number of hydrogen-bond donors (Lipinski definition) is 3. The van der Waals surface area contributed by atoms with Crippen molar-refractivity contribution in [1.82, 2.24) is 25.9 Å². The molecule has 3 N–H and O–H groups in total. The van der Waals surface area contributed by atoms with Crippen LogP contribution in [0.25, 0.3) is 10.8 Å². The minimum atomic E-state index is -0.794. The molecule has 0 saturated heterocycles. The van der Waals surface area contributed by atoms with Crippen LogP contribution in [0.2, 0.25) is 0 Å². The summed E-state index contributed by atoms with van der Waals surface area (Å²) in [7, 11) is 1.44. The first kappa shape index (κ1) is 19.1. The summed E-state index contributed by atoms with van der Waals surface area (Å²) in [6.07, 6.45) is 0. The van der Waals surface area contributed by atoms with Gasteiger partial charge < -0.3 is 5.32 Å². The normalized spacial score (nSPS) is 11.9. The number of hydrogen-bond acceptors (Lipinski definition) is 5. The number of hydrazine groups is 1. The lowest BCUT2D eigenvalue weighted by molar-refractivity contribution is -0.129. The van der Waals surface area contributed by atoms with Crippen molar-refractivity contribution < 1.29 is 14.4 Å². The predicted octanol–water partition coefficient (Wildman–Crippen LogP) is -0.145. The molecule has 1 unspecified atom stereocenters. The molecule has 9 nitrogen and oxygen atoms in total. The maximum absolute atomic E-state index is 12.5. The van der Waals surface area contributed by atoms with Crippen LogP contribution in [-0.2, 0) is 16.6 Å². The van der Waals surface area contributed by atoms with Crippen LogP contribution in [0.15, 0.2) is 29.1 Å². The Bertz CT molecular complexity index is 919. The molecule has 1 aromatic carbocycles. The van der Waals surface area contributed by atoms with Gasteiger partial charge in [0.15, 0.2) is 5.69 Å². The molecule has 1 atom stereocenters. The number of aryl methyl sites for hydroxylation is 1.